The Hall–Kier alpha value is -5.02. The van der Waals surface area contributed by atoms with E-state index in [1.54, 1.807) is 56.4 Å². The van der Waals surface area contributed by atoms with E-state index in [0.29, 0.717) is 13.0 Å². The van der Waals surface area contributed by atoms with E-state index in [2.05, 4.69) is 6.58 Å². The smallest absolute Gasteiger partial charge is 0.246 e. The molecule has 0 spiro atoms. The van der Waals surface area contributed by atoms with Gasteiger partial charge >= 0.3 is 0 Å². The molecule has 0 radical (unpaired) electrons. The van der Waals surface area contributed by atoms with E-state index < -0.39 is 12.2 Å². The fourth-order valence-corrected chi connectivity index (χ4v) is 6.78. The van der Waals surface area contributed by atoms with Crippen molar-refractivity contribution in [3.63, 3.8) is 0 Å². The molecule has 0 bridgehead atoms. The first-order valence-electron chi connectivity index (χ1n) is 15.7. The van der Waals surface area contributed by atoms with Gasteiger partial charge in [-0.15, -0.1) is 6.58 Å². The number of carbonyl (C=O) groups excluding carboxylic acids is 3. The number of piperazine rings is 1. The zero-order valence-electron chi connectivity index (χ0n) is 26.3. The Kier molecular flexibility index (Phi) is 8.85. The Balaban J connectivity index is 1.41. The summed E-state index contributed by atoms with van der Waals surface area (Å²) in [7, 11) is 0. The molecule has 0 unspecified atom stereocenters. The molecule has 2 saturated heterocycles. The number of hydrazine groups is 1. The van der Waals surface area contributed by atoms with Crippen LogP contribution in [0.15, 0.2) is 97.7 Å². The van der Waals surface area contributed by atoms with Gasteiger partial charge in [0.25, 0.3) is 0 Å². The number of hydrogen-bond acceptors (Lipinski definition) is 6. The zero-order chi connectivity index (χ0) is 32.4. The Bertz CT molecular complexity index is 1760. The molecule has 3 amide bonds. The van der Waals surface area contributed by atoms with Gasteiger partial charge in [0.2, 0.25) is 17.7 Å². The van der Waals surface area contributed by atoms with Crippen LogP contribution in [-0.4, -0.2) is 79.5 Å². The van der Waals surface area contributed by atoms with Gasteiger partial charge in [-0.1, -0.05) is 66.7 Å². The van der Waals surface area contributed by atoms with E-state index >= 15 is 0 Å². The lowest BCUT2D eigenvalue weighted by molar-refractivity contribution is -0.206. The maximum absolute atomic E-state index is 14.5. The Morgan fingerprint density at radius 3 is 2.52 bits per heavy atom. The molecule has 4 aromatic rings. The average molecular weight is 618 g/mol. The van der Waals surface area contributed by atoms with Crippen molar-refractivity contribution in [2.75, 3.05) is 19.6 Å². The molecule has 2 fully saturated rings. The molecule has 2 aliphatic heterocycles. The minimum absolute atomic E-state index is 0.0406. The van der Waals surface area contributed by atoms with Crippen LogP contribution >= 0.6 is 0 Å². The topological polar surface area (TPSA) is 97.3 Å². The number of benzene rings is 3. The molecular weight excluding hydrogens is 578 g/mol. The second-order valence-electron chi connectivity index (χ2n) is 12.1. The van der Waals surface area contributed by atoms with Crippen molar-refractivity contribution < 1.29 is 19.5 Å². The number of amides is 3. The molecule has 1 aromatic heterocycles. The third-order valence-corrected chi connectivity index (χ3v) is 9.15. The van der Waals surface area contributed by atoms with Gasteiger partial charge in [-0.25, -0.2) is 10.0 Å². The van der Waals surface area contributed by atoms with Crippen LogP contribution in [0.4, 0.5) is 0 Å². The molecule has 9 heteroatoms. The summed E-state index contributed by atoms with van der Waals surface area (Å²) in [5, 5.41) is 14.4. The minimum Gasteiger partial charge on any atom is -0.508 e. The fourth-order valence-electron chi connectivity index (χ4n) is 6.78. The third kappa shape index (κ3) is 5.98. The monoisotopic (exact) mass is 617 g/mol. The highest BCUT2D eigenvalue weighted by Crippen LogP contribution is 2.35. The number of phenols is 1. The first-order valence-corrected chi connectivity index (χ1v) is 15.7. The van der Waals surface area contributed by atoms with Gasteiger partial charge in [0.05, 0.1) is 24.6 Å². The van der Waals surface area contributed by atoms with Gasteiger partial charge in [-0.2, -0.15) is 0 Å². The molecule has 9 nitrogen and oxygen atoms in total. The van der Waals surface area contributed by atoms with E-state index in [4.69, 9.17) is 4.98 Å². The molecule has 0 aliphatic carbocycles. The molecule has 6 rings (SSSR count). The SMILES string of the molecule is C=CCN1CC(=O)N2[C@@H](CN([C@H](C)c3ccc(C)c4cccnc34)C(=O)[C@@H]2Cc2ccc(O)cc2)N1C(=O)CCc1ccccc1. The number of fused-ring (bicyclic) bond motifs is 2. The van der Waals surface area contributed by atoms with Crippen LogP contribution in [-0.2, 0) is 27.2 Å². The second kappa shape index (κ2) is 13.1. The van der Waals surface area contributed by atoms with Gasteiger partial charge < -0.3 is 14.9 Å². The standard InChI is InChI=1S/C37H39N5O4/c1-4-21-39-24-35(45)41-32(22-28-13-16-29(43)17-14-28)37(46)40(26(3)31-18-12-25(2)30-11-8-20-38-36(30)31)23-33(41)42(39)34(44)19-15-27-9-6-5-7-10-27/h4-14,16-18,20,26,32-33,43H,1,15,19,21-24H2,2-3H3/t26-,32+,33-/m1/s1. The van der Waals surface area contributed by atoms with Crippen molar-refractivity contribution in [3.05, 3.63) is 120 Å². The predicted octanol–water partition coefficient (Wildman–Crippen LogP) is 4.80. The van der Waals surface area contributed by atoms with Crippen LogP contribution in [0.2, 0.25) is 0 Å². The summed E-state index contributed by atoms with van der Waals surface area (Å²) in [6, 6.07) is 23.3. The number of nitrogens with zero attached hydrogens (tertiary/aromatic N) is 5. The van der Waals surface area contributed by atoms with E-state index in [0.717, 1.165) is 33.2 Å². The second-order valence-corrected chi connectivity index (χ2v) is 12.1. The van der Waals surface area contributed by atoms with E-state index in [9.17, 15) is 19.5 Å². The maximum Gasteiger partial charge on any atom is 0.246 e. The number of phenolic OH excluding ortho intramolecular Hbond substituents is 1. The number of aromatic hydroxyl groups is 1. The largest absolute Gasteiger partial charge is 0.508 e. The fraction of sp³-hybridized carbons (Fsp3) is 0.297. The molecule has 236 valence electrons. The summed E-state index contributed by atoms with van der Waals surface area (Å²) in [5.74, 6) is -0.412. The van der Waals surface area contributed by atoms with Crippen LogP contribution in [0.1, 0.15) is 41.6 Å². The molecule has 0 saturated carbocycles. The van der Waals surface area contributed by atoms with Crippen molar-refractivity contribution in [1.82, 2.24) is 24.8 Å². The van der Waals surface area contributed by atoms with Gasteiger partial charge in [0.1, 0.15) is 18.0 Å². The number of hydrogen-bond donors (Lipinski definition) is 1. The van der Waals surface area contributed by atoms with Crippen molar-refractivity contribution in [2.24, 2.45) is 0 Å². The van der Waals surface area contributed by atoms with Crippen LogP contribution < -0.4 is 0 Å². The summed E-state index contributed by atoms with van der Waals surface area (Å²) in [6.45, 7) is 8.32. The van der Waals surface area contributed by atoms with Crippen molar-refractivity contribution in [3.8, 4) is 5.75 Å². The number of carbonyl (C=O) groups is 3. The minimum atomic E-state index is -0.849. The quantitative estimate of drug-likeness (QED) is 0.271. The van der Waals surface area contributed by atoms with Gasteiger partial charge in [0.15, 0.2) is 0 Å². The van der Waals surface area contributed by atoms with Crippen LogP contribution in [0.3, 0.4) is 0 Å². The van der Waals surface area contributed by atoms with Crippen molar-refractivity contribution in [1.29, 1.82) is 0 Å². The molecular formula is C37H39N5O4. The summed E-state index contributed by atoms with van der Waals surface area (Å²) < 4.78 is 0. The first kappa shape index (κ1) is 31.0. The predicted molar refractivity (Wildman–Crippen MR) is 176 cm³/mol. The molecule has 2 aliphatic rings. The summed E-state index contributed by atoms with van der Waals surface area (Å²) in [4.78, 5) is 50.7. The van der Waals surface area contributed by atoms with Gasteiger partial charge in [0, 0.05) is 36.5 Å². The molecule has 1 N–H and O–H groups in total. The van der Waals surface area contributed by atoms with Crippen LogP contribution in [0.25, 0.3) is 10.9 Å². The first-order chi connectivity index (χ1) is 22.3. The average Bonchev–Trinajstić information content (AvgIpc) is 3.06. The van der Waals surface area contributed by atoms with E-state index in [-0.39, 0.29) is 55.4 Å². The number of rotatable bonds is 9. The molecule has 3 heterocycles. The Labute approximate surface area is 269 Å². The van der Waals surface area contributed by atoms with Crippen LogP contribution in [0.5, 0.6) is 5.75 Å². The normalized spacial score (nSPS) is 19.3. The highest BCUT2D eigenvalue weighted by atomic mass is 16.3. The van der Waals surface area contributed by atoms with Crippen molar-refractivity contribution in [2.45, 2.75) is 51.4 Å². The summed E-state index contributed by atoms with van der Waals surface area (Å²) >= 11 is 0. The molecule has 3 aromatic carbocycles. The van der Waals surface area contributed by atoms with Crippen LogP contribution in [0, 0.1) is 6.92 Å². The molecule has 46 heavy (non-hydrogen) atoms. The summed E-state index contributed by atoms with van der Waals surface area (Å²) in [6.07, 6.45) is 3.77. The Morgan fingerprint density at radius 1 is 1.02 bits per heavy atom. The van der Waals surface area contributed by atoms with E-state index in [1.165, 1.54) is 0 Å². The Morgan fingerprint density at radius 2 is 1.78 bits per heavy atom. The lowest BCUT2D eigenvalue weighted by atomic mass is 9.94. The lowest BCUT2D eigenvalue weighted by Gasteiger charge is -2.56. The maximum atomic E-state index is 14.5. The van der Waals surface area contributed by atoms with Gasteiger partial charge in [-0.05, 0) is 55.2 Å². The number of aromatic nitrogens is 1. The number of pyridine rings is 1. The van der Waals surface area contributed by atoms with Gasteiger partial charge in [-0.3, -0.25) is 19.4 Å². The zero-order valence-corrected chi connectivity index (χ0v) is 26.3. The lowest BCUT2D eigenvalue weighted by Crippen LogP contribution is -2.76. The van der Waals surface area contributed by atoms with E-state index in [1.807, 2.05) is 68.4 Å². The highest BCUT2D eigenvalue weighted by Gasteiger charge is 2.52. The summed E-state index contributed by atoms with van der Waals surface area (Å²) in [5.41, 5.74) is 4.67. The van der Waals surface area contributed by atoms with Crippen molar-refractivity contribution >= 4 is 28.6 Å². The third-order valence-electron chi connectivity index (χ3n) is 9.15. The number of aryl methyl sites for hydroxylation is 2. The highest BCUT2D eigenvalue weighted by molar-refractivity contribution is 5.93. The molecule has 3 atom stereocenters.